The fourth-order valence-corrected chi connectivity index (χ4v) is 3.66. The lowest BCUT2D eigenvalue weighted by molar-refractivity contribution is 0.0780. The quantitative estimate of drug-likeness (QED) is 0.711. The van der Waals surface area contributed by atoms with Crippen molar-refractivity contribution >= 4 is 5.91 Å². The molecule has 1 fully saturated rings. The summed E-state index contributed by atoms with van der Waals surface area (Å²) in [4.78, 5) is 14.6. The summed E-state index contributed by atoms with van der Waals surface area (Å²) in [7, 11) is 0. The molecular weight excluding hydrogens is 344 g/mol. The Morgan fingerprint density at radius 3 is 2.78 bits per heavy atom. The molecular formula is C21H18N2O4. The van der Waals surface area contributed by atoms with E-state index in [4.69, 9.17) is 14.0 Å². The highest BCUT2D eigenvalue weighted by atomic mass is 16.7. The van der Waals surface area contributed by atoms with Crippen LogP contribution in [0.5, 0.6) is 11.5 Å². The molecule has 0 bridgehead atoms. The van der Waals surface area contributed by atoms with Crippen molar-refractivity contribution in [2.45, 2.75) is 12.3 Å². The van der Waals surface area contributed by atoms with Gasteiger partial charge in [-0.15, -0.1) is 0 Å². The average Bonchev–Trinajstić information content (AvgIpc) is 3.47. The number of carbonyl (C=O) groups is 1. The van der Waals surface area contributed by atoms with Gasteiger partial charge in [0.15, 0.2) is 23.0 Å². The third-order valence-corrected chi connectivity index (χ3v) is 5.13. The van der Waals surface area contributed by atoms with E-state index in [0.717, 1.165) is 23.5 Å². The molecule has 3 heterocycles. The van der Waals surface area contributed by atoms with Crippen molar-refractivity contribution in [2.24, 2.45) is 0 Å². The van der Waals surface area contributed by atoms with E-state index in [0.29, 0.717) is 24.5 Å². The lowest BCUT2D eigenvalue weighted by Gasteiger charge is -2.15. The first-order chi connectivity index (χ1) is 13.3. The van der Waals surface area contributed by atoms with Gasteiger partial charge in [-0.25, -0.2) is 0 Å². The zero-order chi connectivity index (χ0) is 18.2. The smallest absolute Gasteiger partial charge is 0.276 e. The number of hydrogen-bond donors (Lipinski definition) is 0. The molecule has 0 spiro atoms. The highest BCUT2D eigenvalue weighted by molar-refractivity contribution is 5.93. The van der Waals surface area contributed by atoms with Gasteiger partial charge < -0.3 is 18.9 Å². The second kappa shape index (κ2) is 6.46. The molecule has 1 saturated heterocycles. The summed E-state index contributed by atoms with van der Waals surface area (Å²) in [5, 5.41) is 3.98. The molecule has 2 aromatic carbocycles. The average molecular weight is 362 g/mol. The molecule has 0 radical (unpaired) electrons. The number of amides is 1. The Bertz CT molecular complexity index is 983. The highest BCUT2D eigenvalue weighted by Crippen LogP contribution is 2.37. The van der Waals surface area contributed by atoms with Crippen LogP contribution in [0.1, 0.15) is 28.4 Å². The molecule has 2 aliphatic rings. The number of hydrogen-bond acceptors (Lipinski definition) is 5. The second-order valence-electron chi connectivity index (χ2n) is 6.79. The molecule has 0 saturated carbocycles. The zero-order valence-electron chi connectivity index (χ0n) is 14.6. The maximum atomic E-state index is 12.8. The number of benzene rings is 2. The monoisotopic (exact) mass is 362 g/mol. The van der Waals surface area contributed by atoms with Gasteiger partial charge in [0.2, 0.25) is 6.79 Å². The van der Waals surface area contributed by atoms with Gasteiger partial charge in [-0.05, 0) is 24.1 Å². The normalized spacial score (nSPS) is 18.1. The Balaban J connectivity index is 1.30. The van der Waals surface area contributed by atoms with E-state index in [1.807, 2.05) is 47.4 Å². The molecule has 1 aromatic heterocycles. The van der Waals surface area contributed by atoms with Crippen LogP contribution in [-0.4, -0.2) is 35.8 Å². The molecule has 0 aliphatic carbocycles. The highest BCUT2D eigenvalue weighted by Gasteiger charge is 2.30. The topological polar surface area (TPSA) is 64.8 Å². The van der Waals surface area contributed by atoms with Gasteiger partial charge >= 0.3 is 0 Å². The number of aromatic nitrogens is 1. The maximum absolute atomic E-state index is 12.8. The Morgan fingerprint density at radius 1 is 1.04 bits per heavy atom. The minimum Gasteiger partial charge on any atom is -0.454 e. The van der Waals surface area contributed by atoms with E-state index in [1.54, 1.807) is 6.07 Å². The van der Waals surface area contributed by atoms with Crippen LogP contribution in [0.2, 0.25) is 0 Å². The second-order valence-corrected chi connectivity index (χ2v) is 6.79. The number of carbonyl (C=O) groups excluding carboxylic acids is 1. The first kappa shape index (κ1) is 15.9. The lowest BCUT2D eigenvalue weighted by atomic mass is 9.98. The first-order valence-corrected chi connectivity index (χ1v) is 8.99. The summed E-state index contributed by atoms with van der Waals surface area (Å²) in [6, 6.07) is 17.4. The number of ether oxygens (including phenoxy) is 2. The molecule has 27 heavy (non-hydrogen) atoms. The SMILES string of the molecule is O=C(c1cc(-c2ccccc2)on1)N1CCC(c2ccc3c(c2)OCO3)C1. The molecule has 0 N–H and O–H groups in total. The van der Waals surface area contributed by atoms with E-state index in [-0.39, 0.29) is 18.6 Å². The molecule has 6 nitrogen and oxygen atoms in total. The number of likely N-dealkylation sites (tertiary alicyclic amines) is 1. The van der Waals surface area contributed by atoms with Gasteiger partial charge in [0.05, 0.1) is 0 Å². The van der Waals surface area contributed by atoms with Crippen LogP contribution >= 0.6 is 0 Å². The van der Waals surface area contributed by atoms with Crippen molar-refractivity contribution in [1.29, 1.82) is 0 Å². The number of nitrogens with zero attached hydrogens (tertiary/aromatic N) is 2. The van der Waals surface area contributed by atoms with Gasteiger partial charge in [-0.1, -0.05) is 41.6 Å². The van der Waals surface area contributed by atoms with E-state index < -0.39 is 0 Å². The maximum Gasteiger partial charge on any atom is 0.276 e. The molecule has 2 aliphatic heterocycles. The summed E-state index contributed by atoms with van der Waals surface area (Å²) in [5.41, 5.74) is 2.42. The Kier molecular flexibility index (Phi) is 3.81. The van der Waals surface area contributed by atoms with Crippen LogP contribution < -0.4 is 9.47 Å². The molecule has 5 rings (SSSR count). The van der Waals surface area contributed by atoms with Gasteiger partial charge in [0.25, 0.3) is 5.91 Å². The van der Waals surface area contributed by atoms with Crippen molar-refractivity contribution in [3.8, 4) is 22.8 Å². The minimum absolute atomic E-state index is 0.0934. The van der Waals surface area contributed by atoms with Crippen molar-refractivity contribution in [2.75, 3.05) is 19.9 Å². The molecule has 1 atom stereocenters. The molecule has 1 unspecified atom stereocenters. The summed E-state index contributed by atoms with van der Waals surface area (Å²) in [5.74, 6) is 2.35. The van der Waals surface area contributed by atoms with Crippen LogP contribution in [0.3, 0.4) is 0 Å². The van der Waals surface area contributed by atoms with Gasteiger partial charge in [-0.3, -0.25) is 4.79 Å². The van der Waals surface area contributed by atoms with Crippen LogP contribution in [0.25, 0.3) is 11.3 Å². The van der Waals surface area contributed by atoms with Crippen LogP contribution in [-0.2, 0) is 0 Å². The molecule has 3 aromatic rings. The summed E-state index contributed by atoms with van der Waals surface area (Å²) in [6.45, 7) is 1.63. The Labute approximate surface area is 156 Å². The first-order valence-electron chi connectivity index (χ1n) is 8.99. The van der Waals surface area contributed by atoms with Gasteiger partial charge in [0.1, 0.15) is 0 Å². The third kappa shape index (κ3) is 2.93. The molecule has 6 heteroatoms. The van der Waals surface area contributed by atoms with Crippen molar-refractivity contribution < 1.29 is 18.8 Å². The molecule has 1 amide bonds. The van der Waals surface area contributed by atoms with Gasteiger partial charge in [0, 0.05) is 30.6 Å². The Morgan fingerprint density at radius 2 is 1.89 bits per heavy atom. The number of rotatable bonds is 3. The predicted octanol–water partition coefficient (Wildman–Crippen LogP) is 3.70. The Hall–Kier alpha value is -3.28. The van der Waals surface area contributed by atoms with E-state index in [1.165, 1.54) is 5.56 Å². The van der Waals surface area contributed by atoms with Gasteiger partial charge in [-0.2, -0.15) is 0 Å². The molecule has 136 valence electrons. The van der Waals surface area contributed by atoms with Crippen molar-refractivity contribution in [3.05, 3.63) is 65.9 Å². The van der Waals surface area contributed by atoms with Crippen molar-refractivity contribution in [1.82, 2.24) is 10.1 Å². The summed E-state index contributed by atoms with van der Waals surface area (Å²) in [6.07, 6.45) is 0.911. The zero-order valence-corrected chi connectivity index (χ0v) is 14.6. The van der Waals surface area contributed by atoms with E-state index in [2.05, 4.69) is 11.2 Å². The summed E-state index contributed by atoms with van der Waals surface area (Å²) >= 11 is 0. The standard InChI is InChI=1S/C21H18N2O4/c24-21(17-11-19(27-22-17)14-4-2-1-3-5-14)23-9-8-16(12-23)15-6-7-18-20(10-15)26-13-25-18/h1-7,10-11,16H,8-9,12-13H2. The van der Waals surface area contributed by atoms with E-state index in [9.17, 15) is 4.79 Å². The predicted molar refractivity (Wildman–Crippen MR) is 97.8 cm³/mol. The van der Waals surface area contributed by atoms with Crippen LogP contribution in [0.4, 0.5) is 0 Å². The van der Waals surface area contributed by atoms with Crippen molar-refractivity contribution in [3.63, 3.8) is 0 Å². The van der Waals surface area contributed by atoms with Crippen LogP contribution in [0.15, 0.2) is 59.1 Å². The number of fused-ring (bicyclic) bond motifs is 1. The fraction of sp³-hybridized carbons (Fsp3) is 0.238. The minimum atomic E-state index is -0.0934. The van der Waals surface area contributed by atoms with Crippen LogP contribution in [0, 0.1) is 0 Å². The fourth-order valence-electron chi connectivity index (χ4n) is 3.66. The largest absolute Gasteiger partial charge is 0.454 e. The van der Waals surface area contributed by atoms with E-state index >= 15 is 0 Å². The third-order valence-electron chi connectivity index (χ3n) is 5.13. The lowest BCUT2D eigenvalue weighted by Crippen LogP contribution is -2.28. The summed E-state index contributed by atoms with van der Waals surface area (Å²) < 4.78 is 16.2.